The van der Waals surface area contributed by atoms with Crippen molar-refractivity contribution in [3.8, 4) is 0 Å². The fraction of sp³-hybridized carbons (Fsp3) is 1.00. The van der Waals surface area contributed by atoms with Crippen LogP contribution >= 0.6 is 31.9 Å². The largest absolute Gasteiger partial charge is 0.396 e. The number of ether oxygens (including phenoxy) is 6. The molecule has 0 spiro atoms. The van der Waals surface area contributed by atoms with E-state index >= 15 is 0 Å². The summed E-state index contributed by atoms with van der Waals surface area (Å²) < 4.78 is 29.7. The first-order chi connectivity index (χ1) is 30.6. The van der Waals surface area contributed by atoms with Crippen LogP contribution in [0.4, 0.5) is 0 Å². The third kappa shape index (κ3) is 298. The maximum atomic E-state index is 8.29. The third-order valence-corrected chi connectivity index (χ3v) is 7.18. The zero-order valence-electron chi connectivity index (χ0n) is 45.0. The van der Waals surface area contributed by atoms with Gasteiger partial charge >= 0.3 is 0 Å². The van der Waals surface area contributed by atoms with Gasteiger partial charge in [0.2, 0.25) is 0 Å². The normalized spacial score (nSPS) is 8.33. The number of alkyl halides is 2. The molecule has 0 unspecified atom stereocenters. The molecule has 67 heavy (non-hydrogen) atoms. The Hall–Kier alpha value is 0.480. The van der Waals surface area contributed by atoms with Crippen molar-refractivity contribution in [3.05, 3.63) is 0 Å². The van der Waals surface area contributed by atoms with Crippen molar-refractivity contribution >= 4 is 31.9 Å². The molecule has 0 aliphatic heterocycles. The van der Waals surface area contributed by atoms with Crippen LogP contribution in [0, 0.1) is 0 Å². The highest BCUT2D eigenvalue weighted by Crippen LogP contribution is 1.89. The summed E-state index contributed by atoms with van der Waals surface area (Å²) in [5, 5.41) is 43.9. The number of unbranched alkanes of at least 4 members (excludes halogenated alkanes) is 5. The molecule has 0 saturated heterocycles. The molecule has 0 saturated carbocycles. The maximum absolute atomic E-state index is 8.29. The van der Waals surface area contributed by atoms with E-state index in [9.17, 15) is 0 Å². The van der Waals surface area contributed by atoms with E-state index in [1.807, 2.05) is 20.9 Å². The lowest BCUT2D eigenvalue weighted by molar-refractivity contribution is 0.103. The van der Waals surface area contributed by atoms with Crippen LogP contribution in [0.2, 0.25) is 0 Å². The van der Waals surface area contributed by atoms with Crippen LogP contribution in [-0.4, -0.2) is 157 Å². The zero-order valence-corrected chi connectivity index (χ0v) is 48.2. The molecular weight excluding hydrogens is 986 g/mol. The van der Waals surface area contributed by atoms with E-state index < -0.39 is 0 Å². The monoisotopic (exact) mass is 1120 g/mol. The average molecular weight is 1130 g/mol. The van der Waals surface area contributed by atoms with Gasteiger partial charge in [-0.25, -0.2) is 0 Å². The molecule has 0 atom stereocenters. The number of aliphatic hydroxyl groups excluding tert-OH is 5. The molecule has 0 aromatic carbocycles. The molecule has 0 bridgehead atoms. The molecule has 0 aliphatic rings. The first-order valence-corrected chi connectivity index (χ1v) is 26.8. The quantitative estimate of drug-likeness (QED) is 0.0229. The highest BCUT2D eigenvalue weighted by atomic mass is 79.9. The minimum Gasteiger partial charge on any atom is -0.396 e. The van der Waals surface area contributed by atoms with Crippen molar-refractivity contribution in [2.75, 3.05) is 132 Å². The Morgan fingerprint density at radius 2 is 0.582 bits per heavy atom. The van der Waals surface area contributed by atoms with Gasteiger partial charge in [-0.2, -0.15) is 0 Å². The SMILES string of the molecule is C.C.C.C.CCCC.CCCCC.CCCCOC.CCCCOCCC.CCCO.CCCO.CCCOCCCO.CCCOCCCOC.CNCBr.COCCCO.OCCCBr.[2HH]. The van der Waals surface area contributed by atoms with Crippen LogP contribution < -0.4 is 5.32 Å². The number of rotatable bonds is 30. The van der Waals surface area contributed by atoms with E-state index in [1.54, 1.807) is 21.3 Å². The molecule has 12 nitrogen and oxygen atoms in total. The zero-order chi connectivity index (χ0) is 51.0. The van der Waals surface area contributed by atoms with Gasteiger partial charge in [0.15, 0.2) is 0 Å². The number of halogens is 2. The summed E-state index contributed by atoms with van der Waals surface area (Å²) in [6.45, 7) is 32.2. The molecule has 0 amide bonds. The summed E-state index contributed by atoms with van der Waals surface area (Å²) >= 11 is 6.29. The van der Waals surface area contributed by atoms with Crippen LogP contribution in [0.5, 0.6) is 0 Å². The Balaban J connectivity index is -0.0000000314. The van der Waals surface area contributed by atoms with Crippen molar-refractivity contribution in [3.63, 3.8) is 0 Å². The summed E-state index contributed by atoms with van der Waals surface area (Å²) in [6, 6.07) is 0. The highest BCUT2D eigenvalue weighted by molar-refractivity contribution is 9.09. The number of hydrogen-bond donors (Lipinski definition) is 6. The number of methoxy groups -OCH3 is 3. The van der Waals surface area contributed by atoms with Gasteiger partial charge in [-0.15, -0.1) is 0 Å². The molecule has 6 N–H and O–H groups in total. The summed E-state index contributed by atoms with van der Waals surface area (Å²) in [4.78, 5) is 0. The van der Waals surface area contributed by atoms with Crippen molar-refractivity contribution in [2.45, 2.75) is 221 Å². The lowest BCUT2D eigenvalue weighted by Gasteiger charge is -1.99. The minimum absolute atomic E-state index is 0. The first kappa shape index (κ1) is 108. The number of aliphatic hydroxyl groups is 5. The van der Waals surface area contributed by atoms with Gasteiger partial charge in [0.1, 0.15) is 0 Å². The smallest absolute Gasteiger partial charge is 0.0514 e. The van der Waals surface area contributed by atoms with E-state index in [0.717, 1.165) is 115 Å². The summed E-state index contributed by atoms with van der Waals surface area (Å²) in [5.41, 5.74) is 0.882. The van der Waals surface area contributed by atoms with Crippen molar-refractivity contribution in [1.82, 2.24) is 5.32 Å². The van der Waals surface area contributed by atoms with Gasteiger partial charge < -0.3 is 59.3 Å². The summed E-state index contributed by atoms with van der Waals surface area (Å²) in [6.07, 6.45) is 20.0. The molecule has 14 heteroatoms. The average Bonchev–Trinajstić information content (AvgIpc) is 3.32. The highest BCUT2D eigenvalue weighted by Gasteiger charge is 1.85. The predicted molar refractivity (Wildman–Crippen MR) is 315 cm³/mol. The molecular formula is C53H137Br2NO11. The van der Waals surface area contributed by atoms with Crippen molar-refractivity contribution in [2.24, 2.45) is 0 Å². The third-order valence-electron chi connectivity index (χ3n) is 6.06. The van der Waals surface area contributed by atoms with Crippen LogP contribution in [0.25, 0.3) is 0 Å². The van der Waals surface area contributed by atoms with E-state index in [4.69, 9.17) is 49.2 Å². The Labute approximate surface area is 443 Å². The van der Waals surface area contributed by atoms with Crippen LogP contribution in [0.15, 0.2) is 0 Å². The standard InChI is InChI=1S/C7H16O2.C7H16O.C6H14O2.C5H12O.C5H12.C4H10O2.C4H10.C3H7BrO.2C3H8O.C2H6BrN.4CH4.H2/c1-3-5-9-7-4-6-8-2;1-3-5-7-8-6-4-2;1-2-5-8-6-3-4-7;1-3-4-5-6-2;1-3-5-4-2;1-6-4-2-3-5;1-3-4-2;4-2-1-3-5;2*1-2-3-4;1-4-2-3;;;;;/h3-7H2,1-2H3;3-7H2,1-2H3;7H,2-6H2,1H3;3-5H2,1-2H3;3-5H2,1-2H3;5H,2-4H2,1H3;3-4H2,1-2H3;5H,1-3H2;2*4H,2-3H2,1H3;4H,2H2,1H3;4*1H4;1H/i;;;;;;;;;;;;;;;1+1. The van der Waals surface area contributed by atoms with Crippen molar-refractivity contribution < 1.29 is 55.4 Å². The second-order valence-electron chi connectivity index (χ2n) is 13.1. The maximum Gasteiger partial charge on any atom is 0.0514 e. The molecule has 434 valence electrons. The van der Waals surface area contributed by atoms with Crippen LogP contribution in [0.3, 0.4) is 0 Å². The molecule has 0 radical (unpaired) electrons. The molecule has 0 rings (SSSR count). The van der Waals surface area contributed by atoms with Gasteiger partial charge in [0, 0.05) is 121 Å². The summed E-state index contributed by atoms with van der Waals surface area (Å²) in [5.74, 6) is 0. The molecule has 0 heterocycles. The predicted octanol–water partition coefficient (Wildman–Crippen LogP) is 14.8. The van der Waals surface area contributed by atoms with E-state index in [-0.39, 0.29) is 44.3 Å². The molecule has 0 aromatic heterocycles. The van der Waals surface area contributed by atoms with Crippen molar-refractivity contribution in [1.29, 1.82) is 0 Å². The van der Waals surface area contributed by atoms with Gasteiger partial charge in [0.05, 0.1) is 5.45 Å². The topological polar surface area (TPSA) is 169 Å². The number of nitrogens with one attached hydrogen (secondary N) is 1. The van der Waals surface area contributed by atoms with Gasteiger partial charge in [-0.05, 0) is 77.7 Å². The fourth-order valence-corrected chi connectivity index (χ4v) is 2.62. The Morgan fingerprint density at radius 3 is 0.746 bits per heavy atom. The van der Waals surface area contributed by atoms with Gasteiger partial charge in [-0.1, -0.05) is 183 Å². The molecule has 0 fully saturated rings. The Morgan fingerprint density at radius 1 is 0.328 bits per heavy atom. The minimum atomic E-state index is 0. The Bertz CT molecular complexity index is 430. The lowest BCUT2D eigenvalue weighted by Crippen LogP contribution is -1.99. The molecule has 0 aromatic rings. The van der Waals surface area contributed by atoms with E-state index in [2.05, 4.69) is 104 Å². The van der Waals surface area contributed by atoms with E-state index in [0.29, 0.717) is 33.0 Å². The van der Waals surface area contributed by atoms with Gasteiger partial charge in [-0.3, -0.25) is 0 Å². The Kier molecular flexibility index (Phi) is 268. The lowest BCUT2D eigenvalue weighted by atomic mass is 10.3. The second-order valence-corrected chi connectivity index (χ2v) is 14.4. The second kappa shape index (κ2) is 166. The molecule has 0 aliphatic carbocycles. The van der Waals surface area contributed by atoms with Crippen LogP contribution in [0.1, 0.15) is 223 Å². The summed E-state index contributed by atoms with van der Waals surface area (Å²) in [7, 11) is 6.94. The number of hydrogen-bond acceptors (Lipinski definition) is 12. The van der Waals surface area contributed by atoms with Crippen LogP contribution in [-0.2, 0) is 28.4 Å². The van der Waals surface area contributed by atoms with Gasteiger partial charge in [0.25, 0.3) is 0 Å². The first-order valence-electron chi connectivity index (χ1n) is 24.6. The van der Waals surface area contributed by atoms with E-state index in [1.165, 1.54) is 57.8 Å². The fourth-order valence-electron chi connectivity index (χ4n) is 2.37.